The first-order valence-electron chi connectivity index (χ1n) is 7.71. The second-order valence-electron chi connectivity index (χ2n) is 5.90. The highest BCUT2D eigenvalue weighted by Gasteiger charge is 2.30. The lowest BCUT2D eigenvalue weighted by molar-refractivity contribution is -0.137. The zero-order valence-electron chi connectivity index (χ0n) is 13.9. The van der Waals surface area contributed by atoms with Gasteiger partial charge in [-0.2, -0.15) is 13.2 Å². The van der Waals surface area contributed by atoms with Crippen molar-refractivity contribution >= 4 is 11.6 Å². The Morgan fingerprint density at radius 3 is 2.12 bits per heavy atom. The molecule has 0 aliphatic rings. The van der Waals surface area contributed by atoms with Gasteiger partial charge in [-0.15, -0.1) is 0 Å². The molecule has 0 spiro atoms. The summed E-state index contributed by atoms with van der Waals surface area (Å²) < 4.78 is 37.9. The number of aromatic nitrogens is 2. The molecular weight excluding hydrogens is 365 g/mol. The van der Waals surface area contributed by atoms with Gasteiger partial charge in [-0.3, -0.25) is 9.78 Å². The van der Waals surface area contributed by atoms with Gasteiger partial charge >= 0.3 is 6.18 Å². The van der Waals surface area contributed by atoms with Crippen LogP contribution in [0.2, 0.25) is 5.02 Å². The lowest BCUT2D eigenvalue weighted by Crippen LogP contribution is -2.11. The first kappa shape index (κ1) is 18.2. The molecule has 0 radical (unpaired) electrons. The van der Waals surface area contributed by atoms with E-state index in [4.69, 9.17) is 11.6 Å². The van der Waals surface area contributed by atoms with E-state index in [1.165, 1.54) is 18.3 Å². The number of pyridine rings is 2. The number of hydrogen-bond donors (Lipinski definition) is 1. The number of nitrogens with one attached hydrogen (secondary N) is 1. The summed E-state index contributed by atoms with van der Waals surface area (Å²) in [4.78, 5) is 19.7. The van der Waals surface area contributed by atoms with Gasteiger partial charge in [0.05, 0.1) is 16.8 Å². The van der Waals surface area contributed by atoms with E-state index in [1.54, 1.807) is 26.0 Å². The Morgan fingerprint density at radius 2 is 1.58 bits per heavy atom. The maximum Gasteiger partial charge on any atom is 0.416 e. The van der Waals surface area contributed by atoms with Crippen molar-refractivity contribution in [3.63, 3.8) is 0 Å². The monoisotopic (exact) mass is 378 g/mol. The molecule has 0 saturated carbocycles. The summed E-state index contributed by atoms with van der Waals surface area (Å²) in [6, 6.07) is 8.12. The molecule has 0 saturated heterocycles. The summed E-state index contributed by atoms with van der Waals surface area (Å²) in [7, 11) is 0. The minimum absolute atomic E-state index is 0.123. The molecule has 0 atom stereocenters. The second kappa shape index (κ2) is 6.61. The molecule has 7 heteroatoms. The lowest BCUT2D eigenvalue weighted by Gasteiger charge is -2.10. The van der Waals surface area contributed by atoms with Crippen molar-refractivity contribution < 1.29 is 13.2 Å². The van der Waals surface area contributed by atoms with Gasteiger partial charge in [0.25, 0.3) is 0 Å². The lowest BCUT2D eigenvalue weighted by atomic mass is 10.0. The van der Waals surface area contributed by atoms with E-state index in [-0.39, 0.29) is 10.5 Å². The van der Waals surface area contributed by atoms with Crippen molar-refractivity contribution in [3.8, 4) is 22.4 Å². The molecule has 3 nitrogen and oxygen atoms in total. The maximum absolute atomic E-state index is 12.6. The predicted octanol–water partition coefficient (Wildman–Crippen LogP) is 5.39. The van der Waals surface area contributed by atoms with Crippen LogP contribution >= 0.6 is 11.6 Å². The number of aromatic amines is 1. The predicted molar refractivity (Wildman–Crippen MR) is 95.2 cm³/mol. The Labute approximate surface area is 152 Å². The molecule has 3 rings (SSSR count). The van der Waals surface area contributed by atoms with Crippen LogP contribution in [-0.2, 0) is 6.18 Å². The van der Waals surface area contributed by atoms with Crippen LogP contribution in [0, 0.1) is 13.8 Å². The van der Waals surface area contributed by atoms with E-state index < -0.39 is 11.7 Å². The zero-order valence-corrected chi connectivity index (χ0v) is 14.7. The van der Waals surface area contributed by atoms with E-state index in [2.05, 4.69) is 9.97 Å². The Kier molecular flexibility index (Phi) is 4.63. The van der Waals surface area contributed by atoms with Crippen LogP contribution in [0.3, 0.4) is 0 Å². The van der Waals surface area contributed by atoms with Crippen LogP contribution in [0.4, 0.5) is 13.2 Å². The van der Waals surface area contributed by atoms with Crippen molar-refractivity contribution in [2.24, 2.45) is 0 Å². The summed E-state index contributed by atoms with van der Waals surface area (Å²) in [6.07, 6.45) is -2.87. The summed E-state index contributed by atoms with van der Waals surface area (Å²) in [6.45, 7) is 3.48. The number of halogens is 4. The molecule has 0 bridgehead atoms. The molecule has 3 aromatic rings. The summed E-state index contributed by atoms with van der Waals surface area (Å²) in [5, 5.41) is 0.123. The molecule has 0 aliphatic heterocycles. The summed E-state index contributed by atoms with van der Waals surface area (Å²) in [5.74, 6) is 0. The number of alkyl halides is 3. The highest BCUT2D eigenvalue weighted by molar-refractivity contribution is 6.31. The Morgan fingerprint density at radius 1 is 0.962 bits per heavy atom. The smallest absolute Gasteiger partial charge is 0.361 e. The van der Waals surface area contributed by atoms with Crippen LogP contribution in [0.15, 0.2) is 47.4 Å². The van der Waals surface area contributed by atoms with E-state index in [1.807, 2.05) is 0 Å². The number of hydrogen-bond acceptors (Lipinski definition) is 2. The number of aryl methyl sites for hydroxylation is 2. The van der Waals surface area contributed by atoms with Gasteiger partial charge in [-0.25, -0.2) is 0 Å². The molecule has 0 amide bonds. The third-order valence-corrected chi connectivity index (χ3v) is 4.52. The Balaban J connectivity index is 1.98. The van der Waals surface area contributed by atoms with Crippen LogP contribution in [0.1, 0.15) is 17.0 Å². The standard InChI is InChI=1S/C19H14ClF3N2O/c1-10-16(18(26)17(20)11(2)25-10)13-5-8-15(24-9-13)12-3-6-14(7-4-12)19(21,22)23/h3-9H,1-2H3,(H,25,26). The van der Waals surface area contributed by atoms with Gasteiger partial charge in [0.1, 0.15) is 5.02 Å². The largest absolute Gasteiger partial charge is 0.416 e. The first-order chi connectivity index (χ1) is 12.2. The minimum atomic E-state index is -4.38. The van der Waals surface area contributed by atoms with Crippen molar-refractivity contribution in [3.05, 3.63) is 74.8 Å². The third kappa shape index (κ3) is 3.37. The van der Waals surface area contributed by atoms with Gasteiger partial charge in [0.15, 0.2) is 0 Å². The fourth-order valence-corrected chi connectivity index (χ4v) is 2.88. The Hall–Kier alpha value is -2.60. The molecule has 0 aliphatic carbocycles. The maximum atomic E-state index is 12.6. The molecule has 1 aromatic carbocycles. The molecule has 1 N–H and O–H groups in total. The summed E-state index contributed by atoms with van der Waals surface area (Å²) >= 11 is 6.03. The molecule has 2 heterocycles. The topological polar surface area (TPSA) is 45.8 Å². The number of benzene rings is 1. The van der Waals surface area contributed by atoms with E-state index in [0.29, 0.717) is 33.8 Å². The van der Waals surface area contributed by atoms with Crippen molar-refractivity contribution in [1.82, 2.24) is 9.97 Å². The normalized spacial score (nSPS) is 11.6. The van der Waals surface area contributed by atoms with Crippen LogP contribution in [0.25, 0.3) is 22.4 Å². The number of H-pyrrole nitrogens is 1. The molecule has 134 valence electrons. The van der Waals surface area contributed by atoms with Gasteiger partial charge in [0.2, 0.25) is 5.43 Å². The van der Waals surface area contributed by atoms with Crippen LogP contribution in [-0.4, -0.2) is 9.97 Å². The van der Waals surface area contributed by atoms with Crippen LogP contribution < -0.4 is 5.43 Å². The zero-order chi connectivity index (χ0) is 19.1. The van der Waals surface area contributed by atoms with Gasteiger partial charge < -0.3 is 4.98 Å². The molecule has 26 heavy (non-hydrogen) atoms. The average molecular weight is 379 g/mol. The third-order valence-electron chi connectivity index (χ3n) is 4.07. The van der Waals surface area contributed by atoms with Gasteiger partial charge in [-0.1, -0.05) is 29.8 Å². The Bertz CT molecular complexity index is 1010. The molecule has 0 unspecified atom stereocenters. The molecular formula is C19H14ClF3N2O. The second-order valence-corrected chi connectivity index (χ2v) is 6.28. The van der Waals surface area contributed by atoms with Crippen molar-refractivity contribution in [1.29, 1.82) is 0 Å². The average Bonchev–Trinajstić information content (AvgIpc) is 2.60. The van der Waals surface area contributed by atoms with E-state index in [0.717, 1.165) is 12.1 Å². The highest BCUT2D eigenvalue weighted by Crippen LogP contribution is 2.31. The first-order valence-corrected chi connectivity index (χ1v) is 8.09. The number of rotatable bonds is 2. The highest BCUT2D eigenvalue weighted by atomic mass is 35.5. The molecule has 0 fully saturated rings. The number of nitrogens with zero attached hydrogens (tertiary/aromatic N) is 1. The fraction of sp³-hybridized carbons (Fsp3) is 0.158. The van der Waals surface area contributed by atoms with Crippen molar-refractivity contribution in [2.75, 3.05) is 0 Å². The fourth-order valence-electron chi connectivity index (χ4n) is 2.74. The van der Waals surface area contributed by atoms with Crippen LogP contribution in [0.5, 0.6) is 0 Å². The van der Waals surface area contributed by atoms with Gasteiger partial charge in [-0.05, 0) is 32.0 Å². The van der Waals surface area contributed by atoms with Crippen molar-refractivity contribution in [2.45, 2.75) is 20.0 Å². The van der Waals surface area contributed by atoms with Gasteiger partial charge in [0, 0.05) is 28.7 Å². The van der Waals surface area contributed by atoms with E-state index >= 15 is 0 Å². The quantitative estimate of drug-likeness (QED) is 0.649. The minimum Gasteiger partial charge on any atom is -0.361 e. The van der Waals surface area contributed by atoms with E-state index in [9.17, 15) is 18.0 Å². The summed E-state index contributed by atoms with van der Waals surface area (Å²) in [5.41, 5.74) is 2.33. The SMILES string of the molecule is Cc1[nH]c(C)c(-c2ccc(-c3ccc(C(F)(F)F)cc3)nc2)c(=O)c1Cl. The molecule has 2 aromatic heterocycles.